The average molecular weight is 336 g/mol. The van der Waals surface area contributed by atoms with E-state index >= 15 is 0 Å². The molecule has 3 nitrogen and oxygen atoms in total. The highest BCUT2D eigenvalue weighted by Crippen LogP contribution is 2.42. The van der Waals surface area contributed by atoms with Crippen molar-refractivity contribution in [3.63, 3.8) is 0 Å². The number of hydrogen-bond acceptors (Lipinski definition) is 3. The minimum absolute atomic E-state index is 0.0435. The summed E-state index contributed by atoms with van der Waals surface area (Å²) < 4.78 is 5.73. The van der Waals surface area contributed by atoms with E-state index in [0.29, 0.717) is 17.7 Å². The summed E-state index contributed by atoms with van der Waals surface area (Å²) in [6, 6.07) is 8.28. The van der Waals surface area contributed by atoms with E-state index in [9.17, 15) is 4.79 Å². The zero-order valence-corrected chi connectivity index (χ0v) is 14.6. The van der Waals surface area contributed by atoms with Crippen LogP contribution in [0, 0.1) is 0 Å². The van der Waals surface area contributed by atoms with Crippen molar-refractivity contribution in [3.8, 4) is 0 Å². The van der Waals surface area contributed by atoms with Crippen molar-refractivity contribution in [2.75, 3.05) is 20.2 Å². The molecule has 1 unspecified atom stereocenters. The Morgan fingerprint density at radius 2 is 1.96 bits per heavy atom. The number of nitrogens with zero attached hydrogens (tertiary/aromatic N) is 1. The number of rotatable bonds is 5. The summed E-state index contributed by atoms with van der Waals surface area (Å²) in [5.41, 5.74) is 0.606. The maximum atomic E-state index is 12.8. The van der Waals surface area contributed by atoms with Gasteiger partial charge < -0.3 is 9.64 Å². The molecule has 0 amide bonds. The molecule has 0 bridgehead atoms. The Bertz CT molecular complexity index is 537. The fourth-order valence-electron chi connectivity index (χ4n) is 4.13. The predicted molar refractivity (Wildman–Crippen MR) is 92.8 cm³/mol. The first-order valence-corrected chi connectivity index (χ1v) is 9.13. The molecule has 4 heteroatoms. The number of carbonyl (C=O) groups excluding carboxylic acids is 1. The second-order valence-corrected chi connectivity index (χ2v) is 7.43. The number of hydrogen-bond donors (Lipinski definition) is 0. The van der Waals surface area contributed by atoms with E-state index in [4.69, 9.17) is 16.3 Å². The summed E-state index contributed by atoms with van der Waals surface area (Å²) in [4.78, 5) is 15.2. The first kappa shape index (κ1) is 16.8. The van der Waals surface area contributed by atoms with Gasteiger partial charge >= 0.3 is 5.97 Å². The third-order valence-corrected chi connectivity index (χ3v) is 5.85. The second-order valence-electron chi connectivity index (χ2n) is 7.00. The van der Waals surface area contributed by atoms with Gasteiger partial charge in [-0.15, -0.1) is 0 Å². The van der Waals surface area contributed by atoms with Crippen molar-refractivity contribution in [2.45, 2.75) is 56.4 Å². The lowest BCUT2D eigenvalue weighted by Gasteiger charge is -2.28. The summed E-state index contributed by atoms with van der Waals surface area (Å²) >= 11 is 5.99. The molecular weight excluding hydrogens is 310 g/mol. The van der Waals surface area contributed by atoms with Crippen molar-refractivity contribution in [2.24, 2.45) is 0 Å². The van der Waals surface area contributed by atoms with Gasteiger partial charge in [0.1, 0.15) is 0 Å². The number of ether oxygens (including phenoxy) is 1. The average Bonchev–Trinajstić information content (AvgIpc) is 3.18. The normalized spacial score (nSPS) is 24.0. The molecule has 1 aromatic rings. The van der Waals surface area contributed by atoms with E-state index in [2.05, 4.69) is 11.9 Å². The maximum absolute atomic E-state index is 12.8. The highest BCUT2D eigenvalue weighted by atomic mass is 35.5. The Morgan fingerprint density at radius 1 is 1.26 bits per heavy atom. The summed E-state index contributed by atoms with van der Waals surface area (Å²) in [6.45, 7) is 1.69. The van der Waals surface area contributed by atoms with Gasteiger partial charge in [0.2, 0.25) is 0 Å². The van der Waals surface area contributed by atoms with E-state index in [-0.39, 0.29) is 5.97 Å². The zero-order chi connectivity index (χ0) is 16.3. The molecule has 1 heterocycles. The highest BCUT2D eigenvalue weighted by molar-refractivity contribution is 6.30. The number of likely N-dealkylation sites (tertiary alicyclic amines) is 1. The first-order chi connectivity index (χ1) is 11.1. The van der Waals surface area contributed by atoms with Crippen LogP contribution in [0.15, 0.2) is 24.3 Å². The Morgan fingerprint density at radius 3 is 2.57 bits per heavy atom. The van der Waals surface area contributed by atoms with Crippen LogP contribution in [0.4, 0.5) is 0 Å². The maximum Gasteiger partial charge on any atom is 0.316 e. The first-order valence-electron chi connectivity index (χ1n) is 8.75. The van der Waals surface area contributed by atoms with E-state index < -0.39 is 5.41 Å². The topological polar surface area (TPSA) is 29.5 Å². The van der Waals surface area contributed by atoms with Crippen LogP contribution in [0.1, 0.15) is 50.5 Å². The van der Waals surface area contributed by atoms with Crippen molar-refractivity contribution in [3.05, 3.63) is 34.9 Å². The molecule has 1 aliphatic heterocycles. The Hall–Kier alpha value is -1.06. The fourth-order valence-corrected chi connectivity index (χ4v) is 4.25. The third kappa shape index (κ3) is 3.56. The minimum atomic E-state index is -0.452. The van der Waals surface area contributed by atoms with Gasteiger partial charge in [0.15, 0.2) is 0 Å². The van der Waals surface area contributed by atoms with Gasteiger partial charge in [-0.05, 0) is 63.4 Å². The largest absolute Gasteiger partial charge is 0.465 e. The van der Waals surface area contributed by atoms with Gasteiger partial charge in [0.25, 0.3) is 0 Å². The second kappa shape index (κ2) is 7.23. The van der Waals surface area contributed by atoms with Crippen molar-refractivity contribution >= 4 is 17.6 Å². The van der Waals surface area contributed by atoms with Gasteiger partial charge in [-0.3, -0.25) is 4.79 Å². The molecule has 1 atom stereocenters. The smallest absolute Gasteiger partial charge is 0.316 e. The monoisotopic (exact) mass is 335 g/mol. The van der Waals surface area contributed by atoms with Gasteiger partial charge in [0, 0.05) is 11.1 Å². The van der Waals surface area contributed by atoms with E-state index in [0.717, 1.165) is 44.2 Å². The quantitative estimate of drug-likeness (QED) is 0.756. The molecule has 0 N–H and O–H groups in total. The number of carbonyl (C=O) groups is 1. The molecule has 3 rings (SSSR count). The van der Waals surface area contributed by atoms with Crippen molar-refractivity contribution < 1.29 is 9.53 Å². The van der Waals surface area contributed by atoms with Crippen LogP contribution in [-0.4, -0.2) is 37.1 Å². The molecule has 0 radical (unpaired) electrons. The Kier molecular flexibility index (Phi) is 5.27. The SMILES string of the molecule is CN1CCCC1CCOC(=O)C1(c2ccc(Cl)cc2)CCCC1. The van der Waals surface area contributed by atoms with Crippen LogP contribution in [0.5, 0.6) is 0 Å². The molecule has 1 saturated heterocycles. The molecule has 1 aliphatic carbocycles. The molecule has 1 aromatic carbocycles. The van der Waals surface area contributed by atoms with E-state index in [1.165, 1.54) is 12.8 Å². The van der Waals surface area contributed by atoms with Crippen molar-refractivity contribution in [1.29, 1.82) is 0 Å². The molecule has 1 saturated carbocycles. The van der Waals surface area contributed by atoms with Crippen LogP contribution >= 0.6 is 11.6 Å². The van der Waals surface area contributed by atoms with Crippen LogP contribution in [-0.2, 0) is 14.9 Å². The molecule has 0 spiro atoms. The highest BCUT2D eigenvalue weighted by Gasteiger charge is 2.44. The lowest BCUT2D eigenvalue weighted by Crippen LogP contribution is -2.35. The lowest BCUT2D eigenvalue weighted by atomic mass is 9.79. The molecule has 2 fully saturated rings. The minimum Gasteiger partial charge on any atom is -0.465 e. The fraction of sp³-hybridized carbons (Fsp3) is 0.632. The van der Waals surface area contributed by atoms with Crippen LogP contribution in [0.2, 0.25) is 5.02 Å². The standard InChI is InChI=1S/C19H26ClNO2/c1-21-13-4-5-17(21)10-14-23-18(22)19(11-2-3-12-19)15-6-8-16(20)9-7-15/h6-9,17H,2-5,10-14H2,1H3. The lowest BCUT2D eigenvalue weighted by molar-refractivity contribution is -0.151. The molecule has 0 aromatic heterocycles. The number of esters is 1. The molecule has 126 valence electrons. The predicted octanol–water partition coefficient (Wildman–Crippen LogP) is 4.18. The van der Waals surface area contributed by atoms with E-state index in [1.807, 2.05) is 24.3 Å². The molecule has 2 aliphatic rings. The van der Waals surface area contributed by atoms with E-state index in [1.54, 1.807) is 0 Å². The Labute approximate surface area is 144 Å². The molecule has 23 heavy (non-hydrogen) atoms. The summed E-state index contributed by atoms with van der Waals surface area (Å²) in [7, 11) is 2.16. The third-order valence-electron chi connectivity index (χ3n) is 5.60. The summed E-state index contributed by atoms with van der Waals surface area (Å²) in [5.74, 6) is -0.0435. The van der Waals surface area contributed by atoms with Gasteiger partial charge in [-0.1, -0.05) is 36.6 Å². The van der Waals surface area contributed by atoms with Gasteiger partial charge in [-0.2, -0.15) is 0 Å². The van der Waals surface area contributed by atoms with Crippen LogP contribution in [0.3, 0.4) is 0 Å². The van der Waals surface area contributed by atoms with Crippen molar-refractivity contribution in [1.82, 2.24) is 4.90 Å². The summed E-state index contributed by atoms with van der Waals surface area (Å²) in [6.07, 6.45) is 7.36. The van der Waals surface area contributed by atoms with Crippen LogP contribution in [0.25, 0.3) is 0 Å². The van der Waals surface area contributed by atoms with Gasteiger partial charge in [0.05, 0.1) is 12.0 Å². The van der Waals surface area contributed by atoms with Crippen LogP contribution < -0.4 is 0 Å². The number of halogens is 1. The summed E-state index contributed by atoms with van der Waals surface area (Å²) in [5, 5.41) is 0.708. The van der Waals surface area contributed by atoms with Gasteiger partial charge in [-0.25, -0.2) is 0 Å². The number of benzene rings is 1. The zero-order valence-electron chi connectivity index (χ0n) is 13.9. The Balaban J connectivity index is 1.63. The molecular formula is C19H26ClNO2.